The van der Waals surface area contributed by atoms with Gasteiger partial charge in [-0.3, -0.25) is 9.59 Å². The van der Waals surface area contributed by atoms with Crippen LogP contribution in [0.15, 0.2) is 24.3 Å². The highest BCUT2D eigenvalue weighted by molar-refractivity contribution is 6.32. The number of hydrogen-bond acceptors (Lipinski definition) is 3. The second-order valence-corrected chi connectivity index (χ2v) is 8.32. The minimum absolute atomic E-state index is 0.200. The summed E-state index contributed by atoms with van der Waals surface area (Å²) in [6.07, 6.45) is 5.98. The summed E-state index contributed by atoms with van der Waals surface area (Å²) in [5.41, 5.74) is 0. The van der Waals surface area contributed by atoms with Crippen molar-refractivity contribution in [3.63, 3.8) is 0 Å². The maximum Gasteiger partial charge on any atom is 0.223 e. The molecule has 1 aromatic rings. The van der Waals surface area contributed by atoms with Gasteiger partial charge < -0.3 is 14.5 Å². The lowest BCUT2D eigenvalue weighted by atomic mass is 9.83. The highest BCUT2D eigenvalue weighted by atomic mass is 35.5. The van der Waals surface area contributed by atoms with Crippen molar-refractivity contribution >= 4 is 23.4 Å². The molecule has 4 rings (SSSR count). The van der Waals surface area contributed by atoms with Crippen LogP contribution in [0.2, 0.25) is 5.02 Å². The van der Waals surface area contributed by atoms with Crippen LogP contribution >= 0.6 is 11.6 Å². The summed E-state index contributed by atoms with van der Waals surface area (Å²) in [5.74, 6) is 1.64. The van der Waals surface area contributed by atoms with E-state index in [0.717, 1.165) is 38.8 Å². The Bertz CT molecular complexity index is 706. The molecule has 2 heterocycles. The highest BCUT2D eigenvalue weighted by Crippen LogP contribution is 2.39. The van der Waals surface area contributed by atoms with Gasteiger partial charge in [0.1, 0.15) is 5.75 Å². The average molecular weight is 391 g/mol. The maximum atomic E-state index is 12.6. The summed E-state index contributed by atoms with van der Waals surface area (Å²) in [7, 11) is 0. The Morgan fingerprint density at radius 1 is 1.19 bits per heavy atom. The number of piperidine rings is 2. The Morgan fingerprint density at radius 2 is 2.00 bits per heavy atom. The molecule has 1 saturated carbocycles. The first-order valence-electron chi connectivity index (χ1n) is 10.1. The van der Waals surface area contributed by atoms with Crippen LogP contribution in [0, 0.1) is 5.92 Å². The zero-order valence-electron chi connectivity index (χ0n) is 15.6. The topological polar surface area (TPSA) is 49.9 Å². The molecule has 0 N–H and O–H groups in total. The number of fused-ring (bicyclic) bond motifs is 1. The number of halogens is 1. The number of ether oxygens (including phenoxy) is 1. The molecule has 6 heteroatoms. The van der Waals surface area contributed by atoms with Crippen LogP contribution in [0.5, 0.6) is 5.75 Å². The molecule has 0 radical (unpaired) electrons. The number of carbonyl (C=O) groups excluding carboxylic acids is 2. The molecule has 3 fully saturated rings. The van der Waals surface area contributed by atoms with Crippen LogP contribution in [-0.2, 0) is 9.59 Å². The van der Waals surface area contributed by atoms with Gasteiger partial charge in [0.2, 0.25) is 11.8 Å². The molecule has 0 aromatic heterocycles. The Labute approximate surface area is 165 Å². The molecular weight excluding hydrogens is 364 g/mol. The minimum Gasteiger partial charge on any atom is -0.492 e. The molecular formula is C21H27ClN2O3. The van der Waals surface area contributed by atoms with Crippen molar-refractivity contribution in [3.8, 4) is 5.75 Å². The summed E-state index contributed by atoms with van der Waals surface area (Å²) in [6.45, 7) is 2.05. The molecule has 27 heavy (non-hydrogen) atoms. The first kappa shape index (κ1) is 18.6. The first-order chi connectivity index (χ1) is 13.1. The molecule has 0 bridgehead atoms. The highest BCUT2D eigenvalue weighted by Gasteiger charge is 2.45. The van der Waals surface area contributed by atoms with E-state index in [4.69, 9.17) is 16.3 Å². The van der Waals surface area contributed by atoms with Crippen molar-refractivity contribution in [1.29, 1.82) is 0 Å². The standard InChI is InChI=1S/C21H27ClN2O3/c22-17-4-1-2-5-19(17)27-13-3-6-20(25)23-12-11-18-15(14-23)7-10-21(26)24(18)16-8-9-16/h1-2,4-5,15-16,18H,3,6-14H2/t15-,18+/m0/s1. The van der Waals surface area contributed by atoms with Crippen molar-refractivity contribution in [2.45, 2.75) is 57.0 Å². The van der Waals surface area contributed by atoms with Crippen LogP contribution in [0.1, 0.15) is 44.9 Å². The van der Waals surface area contributed by atoms with Gasteiger partial charge in [-0.1, -0.05) is 23.7 Å². The summed E-state index contributed by atoms with van der Waals surface area (Å²) in [6, 6.07) is 8.22. The van der Waals surface area contributed by atoms with Gasteiger partial charge in [0.15, 0.2) is 0 Å². The van der Waals surface area contributed by atoms with E-state index in [1.807, 2.05) is 23.1 Å². The zero-order chi connectivity index (χ0) is 18.8. The Kier molecular flexibility index (Phi) is 5.58. The largest absolute Gasteiger partial charge is 0.492 e. The number of nitrogens with zero attached hydrogens (tertiary/aromatic N) is 2. The molecule has 0 spiro atoms. The van der Waals surface area contributed by atoms with Gasteiger partial charge >= 0.3 is 0 Å². The molecule has 3 aliphatic rings. The van der Waals surface area contributed by atoms with Gasteiger partial charge in [-0.25, -0.2) is 0 Å². The van der Waals surface area contributed by atoms with Crippen LogP contribution < -0.4 is 4.74 Å². The molecule has 2 aliphatic heterocycles. The van der Waals surface area contributed by atoms with Crippen LogP contribution in [0.3, 0.4) is 0 Å². The fourth-order valence-corrected chi connectivity index (χ4v) is 4.66. The normalized spacial score (nSPS) is 25.3. The number of amides is 2. The van der Waals surface area contributed by atoms with Crippen molar-refractivity contribution in [1.82, 2.24) is 9.80 Å². The third-order valence-corrected chi connectivity index (χ3v) is 6.30. The number of carbonyl (C=O) groups is 2. The van der Waals surface area contributed by atoms with E-state index in [1.54, 1.807) is 6.07 Å². The van der Waals surface area contributed by atoms with Gasteiger partial charge in [-0.15, -0.1) is 0 Å². The molecule has 1 aliphatic carbocycles. The number of rotatable bonds is 6. The van der Waals surface area contributed by atoms with E-state index in [9.17, 15) is 9.59 Å². The van der Waals surface area contributed by atoms with Crippen LogP contribution in [-0.4, -0.2) is 53.4 Å². The molecule has 2 saturated heterocycles. The van der Waals surface area contributed by atoms with Gasteiger partial charge in [-0.05, 0) is 50.2 Å². The van der Waals surface area contributed by atoms with E-state index in [1.165, 1.54) is 0 Å². The SMILES string of the molecule is O=C(CCCOc1ccccc1Cl)N1CC[C@@H]2[C@@H](CCC(=O)N2C2CC2)C1. The molecule has 1 aromatic carbocycles. The van der Waals surface area contributed by atoms with E-state index in [2.05, 4.69) is 4.90 Å². The van der Waals surface area contributed by atoms with Gasteiger partial charge in [-0.2, -0.15) is 0 Å². The van der Waals surface area contributed by atoms with Crippen molar-refractivity contribution in [2.24, 2.45) is 5.92 Å². The number of benzene rings is 1. The minimum atomic E-state index is 0.200. The van der Waals surface area contributed by atoms with Crippen molar-refractivity contribution < 1.29 is 14.3 Å². The third kappa shape index (κ3) is 4.23. The fourth-order valence-electron chi connectivity index (χ4n) is 4.47. The van der Waals surface area contributed by atoms with Crippen molar-refractivity contribution in [2.75, 3.05) is 19.7 Å². The Balaban J connectivity index is 1.23. The number of likely N-dealkylation sites (tertiary alicyclic amines) is 2. The number of para-hydroxylation sites is 1. The van der Waals surface area contributed by atoms with Crippen molar-refractivity contribution in [3.05, 3.63) is 29.3 Å². The third-order valence-electron chi connectivity index (χ3n) is 5.99. The Hall–Kier alpha value is -1.75. The van der Waals surface area contributed by atoms with Crippen LogP contribution in [0.4, 0.5) is 0 Å². The predicted molar refractivity (Wildman–Crippen MR) is 104 cm³/mol. The smallest absolute Gasteiger partial charge is 0.223 e. The van der Waals surface area contributed by atoms with E-state index in [-0.39, 0.29) is 5.91 Å². The van der Waals surface area contributed by atoms with Gasteiger partial charge in [0, 0.05) is 38.0 Å². The molecule has 146 valence electrons. The average Bonchev–Trinajstić information content (AvgIpc) is 3.51. The summed E-state index contributed by atoms with van der Waals surface area (Å²) in [5, 5.41) is 0.595. The van der Waals surface area contributed by atoms with Crippen LogP contribution in [0.25, 0.3) is 0 Å². The maximum absolute atomic E-state index is 12.6. The fraction of sp³-hybridized carbons (Fsp3) is 0.619. The summed E-state index contributed by atoms with van der Waals surface area (Å²) in [4.78, 5) is 29.0. The van der Waals surface area contributed by atoms with Gasteiger partial charge in [0.05, 0.1) is 11.6 Å². The quantitative estimate of drug-likeness (QED) is 0.698. The zero-order valence-corrected chi connectivity index (χ0v) is 16.4. The summed E-state index contributed by atoms with van der Waals surface area (Å²) >= 11 is 6.07. The molecule has 5 nitrogen and oxygen atoms in total. The van der Waals surface area contributed by atoms with Gasteiger partial charge in [0.25, 0.3) is 0 Å². The number of hydrogen-bond donors (Lipinski definition) is 0. The molecule has 0 unspecified atom stereocenters. The lowest BCUT2D eigenvalue weighted by Gasteiger charge is -2.47. The second-order valence-electron chi connectivity index (χ2n) is 7.91. The Morgan fingerprint density at radius 3 is 2.78 bits per heavy atom. The lowest BCUT2D eigenvalue weighted by molar-refractivity contribution is -0.145. The second kappa shape index (κ2) is 8.09. The molecule has 2 amide bonds. The first-order valence-corrected chi connectivity index (χ1v) is 10.5. The molecule has 2 atom stereocenters. The monoisotopic (exact) mass is 390 g/mol. The van der Waals surface area contributed by atoms with E-state index in [0.29, 0.717) is 60.6 Å². The lowest BCUT2D eigenvalue weighted by Crippen LogP contribution is -2.57. The predicted octanol–water partition coefficient (Wildman–Crippen LogP) is 3.50. The van der Waals surface area contributed by atoms with E-state index >= 15 is 0 Å². The van der Waals surface area contributed by atoms with E-state index < -0.39 is 0 Å². The summed E-state index contributed by atoms with van der Waals surface area (Å²) < 4.78 is 5.67.